The highest BCUT2D eigenvalue weighted by molar-refractivity contribution is 5.91. The van der Waals surface area contributed by atoms with Gasteiger partial charge in [-0.1, -0.05) is 18.2 Å². The molecule has 2 aromatic heterocycles. The first-order chi connectivity index (χ1) is 15.1. The van der Waals surface area contributed by atoms with Crippen LogP contribution in [0.5, 0.6) is 11.5 Å². The summed E-state index contributed by atoms with van der Waals surface area (Å²) in [7, 11) is 0. The monoisotopic (exact) mass is 417 g/mol. The first-order valence-corrected chi connectivity index (χ1v) is 9.80. The van der Waals surface area contributed by atoms with Crippen molar-refractivity contribution >= 4 is 22.5 Å². The van der Waals surface area contributed by atoms with Gasteiger partial charge in [0.05, 0.1) is 17.6 Å². The van der Waals surface area contributed by atoms with Gasteiger partial charge < -0.3 is 14.8 Å². The molecule has 0 saturated carbocycles. The molecule has 0 atom stereocenters. The number of amides is 1. The Bertz CT molecular complexity index is 1340. The number of carbonyl (C=O) groups is 1. The maximum Gasteiger partial charge on any atom is 0.293 e. The maximum atomic E-state index is 13.1. The number of benzene rings is 2. The van der Waals surface area contributed by atoms with Crippen molar-refractivity contribution in [1.82, 2.24) is 19.6 Å². The van der Waals surface area contributed by atoms with Crippen LogP contribution < -0.4 is 20.3 Å². The molecule has 31 heavy (non-hydrogen) atoms. The maximum absolute atomic E-state index is 13.1. The van der Waals surface area contributed by atoms with Gasteiger partial charge in [0.2, 0.25) is 5.91 Å². The Labute approximate surface area is 176 Å². The van der Waals surface area contributed by atoms with Crippen LogP contribution in [0.1, 0.15) is 5.69 Å². The zero-order chi connectivity index (χ0) is 21.4. The third-order valence-electron chi connectivity index (χ3n) is 4.99. The predicted octanol–water partition coefficient (Wildman–Crippen LogP) is 2.30. The number of ether oxygens (including phenoxy) is 2. The lowest BCUT2D eigenvalue weighted by atomic mass is 10.2. The zero-order valence-electron chi connectivity index (χ0n) is 16.7. The van der Waals surface area contributed by atoms with E-state index >= 15 is 0 Å². The van der Waals surface area contributed by atoms with Gasteiger partial charge in [0, 0.05) is 17.1 Å². The van der Waals surface area contributed by atoms with Crippen LogP contribution in [0.25, 0.3) is 16.6 Å². The van der Waals surface area contributed by atoms with Crippen LogP contribution in [0.3, 0.4) is 0 Å². The summed E-state index contributed by atoms with van der Waals surface area (Å²) in [5, 5.41) is 12.1. The van der Waals surface area contributed by atoms with Crippen molar-refractivity contribution in [2.24, 2.45) is 0 Å². The smallest absolute Gasteiger partial charge is 0.293 e. The van der Waals surface area contributed by atoms with Gasteiger partial charge in [-0.15, -0.1) is 0 Å². The summed E-state index contributed by atoms with van der Waals surface area (Å²) in [6.07, 6.45) is 1.62. The first-order valence-electron chi connectivity index (χ1n) is 9.80. The third-order valence-corrected chi connectivity index (χ3v) is 4.99. The molecule has 156 valence electrons. The second-order valence-electron chi connectivity index (χ2n) is 7.11. The van der Waals surface area contributed by atoms with Crippen molar-refractivity contribution in [3.63, 3.8) is 0 Å². The van der Waals surface area contributed by atoms with Gasteiger partial charge in [-0.3, -0.25) is 9.59 Å². The summed E-state index contributed by atoms with van der Waals surface area (Å²) in [5.41, 5.74) is 1.91. The minimum absolute atomic E-state index is 0.232. The Morgan fingerprint density at radius 2 is 1.87 bits per heavy atom. The van der Waals surface area contributed by atoms with Crippen molar-refractivity contribution < 1.29 is 14.3 Å². The predicted molar refractivity (Wildman–Crippen MR) is 114 cm³/mol. The van der Waals surface area contributed by atoms with E-state index in [1.807, 2.05) is 30.3 Å². The molecule has 0 unspecified atom stereocenters. The van der Waals surface area contributed by atoms with E-state index in [4.69, 9.17) is 9.47 Å². The summed E-state index contributed by atoms with van der Waals surface area (Å²) < 4.78 is 13.8. The molecule has 1 N–H and O–H groups in total. The number of rotatable bonds is 4. The van der Waals surface area contributed by atoms with Crippen LogP contribution in [0, 0.1) is 6.92 Å². The Morgan fingerprint density at radius 3 is 2.68 bits per heavy atom. The molecule has 1 amide bonds. The summed E-state index contributed by atoms with van der Waals surface area (Å²) in [6.45, 7) is 2.50. The normalized spacial score (nSPS) is 12.7. The minimum Gasteiger partial charge on any atom is -0.486 e. The van der Waals surface area contributed by atoms with Crippen LogP contribution in [-0.2, 0) is 11.3 Å². The molecular formula is C22H19N5O4. The average Bonchev–Trinajstić information content (AvgIpc) is 3.24. The largest absolute Gasteiger partial charge is 0.486 e. The van der Waals surface area contributed by atoms with Crippen LogP contribution in [0.2, 0.25) is 0 Å². The molecule has 9 heteroatoms. The average molecular weight is 417 g/mol. The fourth-order valence-corrected chi connectivity index (χ4v) is 3.55. The van der Waals surface area contributed by atoms with E-state index in [9.17, 15) is 9.59 Å². The lowest BCUT2D eigenvalue weighted by Gasteiger charge is -2.19. The number of anilines is 1. The van der Waals surface area contributed by atoms with Gasteiger partial charge in [-0.2, -0.15) is 10.2 Å². The Kier molecular flexibility index (Phi) is 4.62. The highest BCUT2D eigenvalue weighted by atomic mass is 16.6. The molecule has 0 saturated heterocycles. The molecule has 1 aliphatic heterocycles. The second kappa shape index (κ2) is 7.60. The molecule has 0 radical (unpaired) electrons. The summed E-state index contributed by atoms with van der Waals surface area (Å²) in [5.74, 6) is 0.830. The third kappa shape index (κ3) is 3.50. The Balaban J connectivity index is 1.44. The van der Waals surface area contributed by atoms with E-state index in [0.717, 1.165) is 10.4 Å². The number of para-hydroxylation sites is 1. The van der Waals surface area contributed by atoms with Crippen molar-refractivity contribution in [2.45, 2.75) is 13.5 Å². The molecular weight excluding hydrogens is 398 g/mol. The second-order valence-corrected chi connectivity index (χ2v) is 7.11. The molecule has 9 nitrogen and oxygen atoms in total. The number of hydrogen-bond donors (Lipinski definition) is 1. The molecule has 0 aliphatic carbocycles. The molecule has 2 aromatic carbocycles. The number of hydrogen-bond acceptors (Lipinski definition) is 6. The van der Waals surface area contributed by atoms with Gasteiger partial charge >= 0.3 is 0 Å². The van der Waals surface area contributed by atoms with Gasteiger partial charge in [-0.05, 0) is 31.2 Å². The number of aryl methyl sites for hydroxylation is 1. The van der Waals surface area contributed by atoms with Gasteiger partial charge in [0.25, 0.3) is 5.56 Å². The highest BCUT2D eigenvalue weighted by Gasteiger charge is 2.17. The minimum atomic E-state index is -0.390. The van der Waals surface area contributed by atoms with Crippen LogP contribution in [-0.4, -0.2) is 38.7 Å². The first kappa shape index (κ1) is 18.9. The SMILES string of the molecule is Cc1nn(CC(=O)Nc2ccc3c(c2)OCCO3)c(=O)c2c1cnn2-c1ccccc1. The van der Waals surface area contributed by atoms with E-state index < -0.39 is 0 Å². The number of fused-ring (bicyclic) bond motifs is 2. The summed E-state index contributed by atoms with van der Waals surface area (Å²) in [6, 6.07) is 14.5. The van der Waals surface area contributed by atoms with Gasteiger partial charge in [0.15, 0.2) is 11.5 Å². The van der Waals surface area contributed by atoms with Gasteiger partial charge in [-0.25, -0.2) is 9.36 Å². The molecule has 4 aromatic rings. The van der Waals surface area contributed by atoms with E-state index in [1.54, 1.807) is 36.0 Å². The molecule has 1 aliphatic rings. The van der Waals surface area contributed by atoms with Crippen molar-refractivity contribution in [3.8, 4) is 17.2 Å². The Hall–Kier alpha value is -4.14. The summed E-state index contributed by atoms with van der Waals surface area (Å²) in [4.78, 5) is 25.8. The van der Waals surface area contributed by atoms with E-state index in [2.05, 4.69) is 15.5 Å². The fourth-order valence-electron chi connectivity index (χ4n) is 3.55. The molecule has 0 bridgehead atoms. The van der Waals surface area contributed by atoms with Gasteiger partial charge in [0.1, 0.15) is 25.3 Å². The topological polar surface area (TPSA) is 100 Å². The number of nitrogens with one attached hydrogen (secondary N) is 1. The summed E-state index contributed by atoms with van der Waals surface area (Å²) >= 11 is 0. The van der Waals surface area contributed by atoms with E-state index in [-0.39, 0.29) is 18.0 Å². The lowest BCUT2D eigenvalue weighted by Crippen LogP contribution is -2.31. The molecule has 5 rings (SSSR count). The number of nitrogens with zero attached hydrogens (tertiary/aromatic N) is 4. The fraction of sp³-hybridized carbons (Fsp3) is 0.182. The standard InChI is InChI=1S/C22H19N5O4/c1-14-17-12-23-27(16-5-3-2-4-6-16)21(17)22(29)26(25-14)13-20(28)24-15-7-8-18-19(11-15)31-10-9-30-18/h2-8,11-12H,9-10,13H2,1H3,(H,24,28). The lowest BCUT2D eigenvalue weighted by molar-refractivity contribution is -0.117. The Morgan fingerprint density at radius 1 is 1.10 bits per heavy atom. The van der Waals surface area contributed by atoms with E-state index in [0.29, 0.717) is 47.0 Å². The molecule has 0 spiro atoms. The van der Waals surface area contributed by atoms with Crippen LogP contribution >= 0.6 is 0 Å². The van der Waals surface area contributed by atoms with Crippen LogP contribution in [0.15, 0.2) is 59.5 Å². The van der Waals surface area contributed by atoms with Crippen molar-refractivity contribution in [2.75, 3.05) is 18.5 Å². The van der Waals surface area contributed by atoms with Crippen LogP contribution in [0.4, 0.5) is 5.69 Å². The highest BCUT2D eigenvalue weighted by Crippen LogP contribution is 2.32. The van der Waals surface area contributed by atoms with Crippen molar-refractivity contribution in [3.05, 3.63) is 70.8 Å². The zero-order valence-corrected chi connectivity index (χ0v) is 16.7. The molecule has 3 heterocycles. The molecule has 0 fully saturated rings. The number of aromatic nitrogens is 4. The van der Waals surface area contributed by atoms with E-state index in [1.165, 1.54) is 0 Å². The quantitative estimate of drug-likeness (QED) is 0.547. The van der Waals surface area contributed by atoms with Crippen molar-refractivity contribution in [1.29, 1.82) is 0 Å². The number of carbonyl (C=O) groups excluding carboxylic acids is 1.